The molecule has 0 saturated heterocycles. The summed E-state index contributed by atoms with van der Waals surface area (Å²) < 4.78 is 68.3. The summed E-state index contributed by atoms with van der Waals surface area (Å²) in [6.45, 7) is 7.18. The second-order valence-corrected chi connectivity index (χ2v) is 29.4. The topological polar surface area (TPSA) is 237 Å². The van der Waals surface area contributed by atoms with Crippen LogP contribution in [-0.4, -0.2) is 96.7 Å². The van der Waals surface area contributed by atoms with Crippen molar-refractivity contribution in [2.24, 2.45) is 5.92 Å². The molecule has 2 unspecified atom stereocenters. The van der Waals surface area contributed by atoms with Gasteiger partial charge in [0.25, 0.3) is 0 Å². The van der Waals surface area contributed by atoms with Crippen LogP contribution < -0.4 is 0 Å². The number of hydrogen-bond donors (Lipinski definition) is 3. The van der Waals surface area contributed by atoms with Gasteiger partial charge in [-0.05, 0) is 31.6 Å². The van der Waals surface area contributed by atoms with Gasteiger partial charge in [0.05, 0.1) is 26.4 Å². The van der Waals surface area contributed by atoms with Crippen LogP contribution >= 0.6 is 15.6 Å². The highest BCUT2D eigenvalue weighted by atomic mass is 31.2. The average Bonchev–Trinajstić information content (AvgIpc) is 3.37. The predicted octanol–water partition coefficient (Wildman–Crippen LogP) is 20.9. The fourth-order valence-electron chi connectivity index (χ4n) is 11.0. The molecular formula is C72H140O17P2. The maximum atomic E-state index is 13.0. The average molecular weight is 1340 g/mol. The van der Waals surface area contributed by atoms with E-state index in [4.69, 9.17) is 37.0 Å². The summed E-state index contributed by atoms with van der Waals surface area (Å²) >= 11 is 0. The lowest BCUT2D eigenvalue weighted by atomic mass is 10.0. The van der Waals surface area contributed by atoms with E-state index in [-0.39, 0.29) is 25.7 Å². The number of unbranched alkanes of at least 4 members (excludes halogenated alkanes) is 44. The molecule has 0 fully saturated rings. The lowest BCUT2D eigenvalue weighted by Crippen LogP contribution is -2.30. The molecule has 0 aliphatic carbocycles. The maximum absolute atomic E-state index is 13.0. The number of ether oxygens (including phenoxy) is 4. The van der Waals surface area contributed by atoms with Crippen LogP contribution in [0.15, 0.2) is 0 Å². The minimum Gasteiger partial charge on any atom is -0.462 e. The van der Waals surface area contributed by atoms with Crippen LogP contribution in [0.1, 0.15) is 375 Å². The number of carbonyl (C=O) groups excluding carboxylic acids is 4. The zero-order valence-electron chi connectivity index (χ0n) is 59.0. The monoisotopic (exact) mass is 1340 g/mol. The second kappa shape index (κ2) is 65.4. The molecule has 0 radical (unpaired) electrons. The van der Waals surface area contributed by atoms with Gasteiger partial charge in [0, 0.05) is 25.7 Å². The Balaban J connectivity index is 5.22. The summed E-state index contributed by atoms with van der Waals surface area (Å²) in [4.78, 5) is 72.6. The molecule has 0 saturated carbocycles. The summed E-state index contributed by atoms with van der Waals surface area (Å²) in [5.74, 6) is -1.44. The van der Waals surface area contributed by atoms with Crippen LogP contribution in [0.5, 0.6) is 0 Å². The van der Waals surface area contributed by atoms with E-state index in [9.17, 15) is 43.2 Å². The van der Waals surface area contributed by atoms with Gasteiger partial charge in [0.1, 0.15) is 19.3 Å². The molecule has 0 rings (SSSR count). The zero-order chi connectivity index (χ0) is 67.0. The molecule has 0 aromatic carbocycles. The van der Waals surface area contributed by atoms with Gasteiger partial charge in [-0.25, -0.2) is 9.13 Å². The number of esters is 4. The number of rotatable bonds is 72. The molecule has 5 atom stereocenters. The molecule has 0 bridgehead atoms. The molecule has 0 aromatic heterocycles. The van der Waals surface area contributed by atoms with Crippen molar-refractivity contribution in [2.75, 3.05) is 39.6 Å². The van der Waals surface area contributed by atoms with Crippen molar-refractivity contribution < 1.29 is 80.2 Å². The second-order valence-electron chi connectivity index (χ2n) is 26.5. The number of aliphatic hydroxyl groups excluding tert-OH is 1. The molecule has 0 aliphatic heterocycles. The van der Waals surface area contributed by atoms with Crippen molar-refractivity contribution in [2.45, 2.75) is 393 Å². The highest BCUT2D eigenvalue weighted by Gasteiger charge is 2.30. The summed E-state index contributed by atoms with van der Waals surface area (Å²) in [7, 11) is -9.90. The van der Waals surface area contributed by atoms with Gasteiger partial charge in [-0.1, -0.05) is 324 Å². The molecule has 0 amide bonds. The van der Waals surface area contributed by atoms with Crippen LogP contribution in [-0.2, 0) is 65.4 Å². The standard InChI is InChI=1S/C72H140O17P2/c1-6-9-12-15-18-21-24-26-28-29-30-32-35-38-41-48-53-58-72(77)88-67(61-82-69(74)55-50-45-39-36-34-31-27-25-22-19-16-13-10-7-2)63-86-90(78,79)84-59-66(73)60-85-91(80,81)87-64-68(62-83-70(75)56-51-46-43-42-44-49-54-65(4)5)89-71(76)57-52-47-40-37-33-23-20-17-14-11-8-3/h65-68,73H,6-64H2,1-5H3,(H,78,79)(H,80,81)/t66-,67-,68-/m1/s1. The summed E-state index contributed by atoms with van der Waals surface area (Å²) in [6.07, 6.45) is 52.8. The minimum absolute atomic E-state index is 0.106. The van der Waals surface area contributed by atoms with Gasteiger partial charge in [-0.15, -0.1) is 0 Å². The Morgan fingerprint density at radius 1 is 0.297 bits per heavy atom. The third-order valence-electron chi connectivity index (χ3n) is 16.8. The van der Waals surface area contributed by atoms with Gasteiger partial charge < -0.3 is 33.8 Å². The van der Waals surface area contributed by atoms with Crippen LogP contribution in [0.25, 0.3) is 0 Å². The first kappa shape index (κ1) is 89.1. The van der Waals surface area contributed by atoms with Crippen molar-refractivity contribution >= 4 is 39.5 Å². The van der Waals surface area contributed by atoms with Gasteiger partial charge >= 0.3 is 39.5 Å². The van der Waals surface area contributed by atoms with Crippen LogP contribution in [0.4, 0.5) is 0 Å². The van der Waals surface area contributed by atoms with Crippen LogP contribution in [0, 0.1) is 5.92 Å². The highest BCUT2D eigenvalue weighted by Crippen LogP contribution is 2.45. The molecule has 19 heteroatoms. The molecule has 0 heterocycles. The number of phosphoric ester groups is 2. The first-order valence-electron chi connectivity index (χ1n) is 37.6. The van der Waals surface area contributed by atoms with Gasteiger partial charge in [-0.2, -0.15) is 0 Å². The Bertz CT molecular complexity index is 1750. The smallest absolute Gasteiger partial charge is 0.462 e. The Labute approximate surface area is 556 Å². The Kier molecular flexibility index (Phi) is 64.0. The largest absolute Gasteiger partial charge is 0.472 e. The minimum atomic E-state index is -4.95. The number of phosphoric acid groups is 2. The Hall–Kier alpha value is -1.94. The van der Waals surface area contributed by atoms with E-state index in [1.165, 1.54) is 193 Å². The maximum Gasteiger partial charge on any atom is 0.472 e. The molecule has 0 aromatic rings. The van der Waals surface area contributed by atoms with E-state index in [0.717, 1.165) is 96.3 Å². The first-order valence-corrected chi connectivity index (χ1v) is 40.6. The molecule has 17 nitrogen and oxygen atoms in total. The van der Waals surface area contributed by atoms with Gasteiger partial charge in [-0.3, -0.25) is 37.3 Å². The van der Waals surface area contributed by atoms with Crippen molar-refractivity contribution in [1.82, 2.24) is 0 Å². The normalized spacial score (nSPS) is 14.0. The Morgan fingerprint density at radius 3 is 0.747 bits per heavy atom. The van der Waals surface area contributed by atoms with Gasteiger partial charge in [0.2, 0.25) is 0 Å². The first-order chi connectivity index (χ1) is 44.0. The van der Waals surface area contributed by atoms with E-state index in [1.807, 2.05) is 0 Å². The Morgan fingerprint density at radius 2 is 0.505 bits per heavy atom. The number of hydrogen-bond acceptors (Lipinski definition) is 15. The quantitative estimate of drug-likeness (QED) is 0.0222. The number of aliphatic hydroxyl groups is 1. The van der Waals surface area contributed by atoms with Crippen molar-refractivity contribution in [3.63, 3.8) is 0 Å². The number of carbonyl (C=O) groups is 4. The van der Waals surface area contributed by atoms with Gasteiger partial charge in [0.15, 0.2) is 12.2 Å². The highest BCUT2D eigenvalue weighted by molar-refractivity contribution is 7.47. The van der Waals surface area contributed by atoms with Crippen LogP contribution in [0.2, 0.25) is 0 Å². The zero-order valence-corrected chi connectivity index (χ0v) is 60.8. The van der Waals surface area contributed by atoms with E-state index in [2.05, 4.69) is 34.6 Å². The third kappa shape index (κ3) is 66.5. The van der Waals surface area contributed by atoms with E-state index >= 15 is 0 Å². The fraction of sp³-hybridized carbons (Fsp3) is 0.944. The molecule has 3 N–H and O–H groups in total. The van der Waals surface area contributed by atoms with E-state index < -0.39 is 97.5 Å². The molecule has 0 spiro atoms. The van der Waals surface area contributed by atoms with Crippen molar-refractivity contribution in [3.8, 4) is 0 Å². The van der Waals surface area contributed by atoms with E-state index in [0.29, 0.717) is 31.6 Å². The third-order valence-corrected chi connectivity index (χ3v) is 18.7. The molecular weight excluding hydrogens is 1200 g/mol. The van der Waals surface area contributed by atoms with Crippen molar-refractivity contribution in [3.05, 3.63) is 0 Å². The summed E-state index contributed by atoms with van der Waals surface area (Å²) in [5.41, 5.74) is 0. The summed E-state index contributed by atoms with van der Waals surface area (Å²) in [6, 6.07) is 0. The van der Waals surface area contributed by atoms with Crippen LogP contribution in [0.3, 0.4) is 0 Å². The van der Waals surface area contributed by atoms with Crippen molar-refractivity contribution in [1.29, 1.82) is 0 Å². The molecule has 0 aliphatic rings. The lowest BCUT2D eigenvalue weighted by Gasteiger charge is -2.21. The SMILES string of the molecule is CCCCCCCCCCCCCCCCCCCC(=O)O[C@H](COC(=O)CCCCCCCCCCCCCCCC)COP(=O)(O)OC[C@@H](O)COP(=O)(O)OC[C@@H](COC(=O)CCCCCCCCC(C)C)OC(=O)CCCCCCCCCCCCC. The molecule has 540 valence electrons. The predicted molar refractivity (Wildman–Crippen MR) is 368 cm³/mol. The molecule has 91 heavy (non-hydrogen) atoms. The van der Waals surface area contributed by atoms with E-state index in [1.54, 1.807) is 0 Å². The fourth-order valence-corrected chi connectivity index (χ4v) is 12.6. The lowest BCUT2D eigenvalue weighted by molar-refractivity contribution is -0.161. The summed E-state index contributed by atoms with van der Waals surface area (Å²) in [5, 5.41) is 10.6.